The molecule has 2 rings (SSSR count). The van der Waals surface area contributed by atoms with Crippen molar-refractivity contribution in [2.75, 3.05) is 0 Å². The Balaban J connectivity index is 0.000000980. The molecule has 0 saturated carbocycles. The summed E-state index contributed by atoms with van der Waals surface area (Å²) >= 11 is 0. The topological polar surface area (TPSA) is 43.9 Å². The second-order valence-corrected chi connectivity index (χ2v) is 3.01. The van der Waals surface area contributed by atoms with E-state index in [0.29, 0.717) is 0 Å². The third-order valence-corrected chi connectivity index (χ3v) is 2.06. The molecule has 76 valence electrons. The Kier molecular flexibility index (Phi) is 3.30. The Labute approximate surface area is 88.3 Å². The van der Waals surface area contributed by atoms with Crippen molar-refractivity contribution in [2.24, 2.45) is 0 Å². The lowest BCUT2D eigenvalue weighted by atomic mass is 10.2. The molecule has 0 radical (unpaired) electrons. The molecule has 2 aromatic rings. The SMILES string of the molecule is Cc1noc(C)c1Cn1cccn1.Cl. The molecule has 0 saturated heterocycles. The van der Waals surface area contributed by atoms with Gasteiger partial charge in [-0.3, -0.25) is 4.68 Å². The van der Waals surface area contributed by atoms with Gasteiger partial charge in [0.2, 0.25) is 0 Å². The van der Waals surface area contributed by atoms with Crippen LogP contribution in [-0.4, -0.2) is 14.9 Å². The van der Waals surface area contributed by atoms with Crippen LogP contribution in [-0.2, 0) is 6.54 Å². The minimum Gasteiger partial charge on any atom is -0.361 e. The molecule has 0 aliphatic heterocycles. The van der Waals surface area contributed by atoms with Gasteiger partial charge in [-0.2, -0.15) is 5.10 Å². The molecule has 0 bridgehead atoms. The van der Waals surface area contributed by atoms with Gasteiger partial charge in [0.25, 0.3) is 0 Å². The Morgan fingerprint density at radius 3 is 2.71 bits per heavy atom. The lowest BCUT2D eigenvalue weighted by Crippen LogP contribution is -2.01. The minimum atomic E-state index is 0. The van der Waals surface area contributed by atoms with E-state index in [1.807, 2.05) is 30.8 Å². The Morgan fingerprint density at radius 1 is 1.43 bits per heavy atom. The van der Waals surface area contributed by atoms with E-state index >= 15 is 0 Å². The van der Waals surface area contributed by atoms with Crippen LogP contribution in [0.15, 0.2) is 23.0 Å². The van der Waals surface area contributed by atoms with Gasteiger partial charge < -0.3 is 4.52 Å². The highest BCUT2D eigenvalue weighted by atomic mass is 35.5. The molecule has 2 aromatic heterocycles. The Hall–Kier alpha value is -1.29. The van der Waals surface area contributed by atoms with Gasteiger partial charge in [-0.25, -0.2) is 0 Å². The van der Waals surface area contributed by atoms with E-state index in [0.717, 1.165) is 23.6 Å². The first-order valence-electron chi connectivity index (χ1n) is 4.16. The zero-order valence-electron chi connectivity index (χ0n) is 8.10. The predicted octanol–water partition coefficient (Wildman–Crippen LogP) is 1.96. The van der Waals surface area contributed by atoms with Crippen LogP contribution in [0.2, 0.25) is 0 Å². The minimum absolute atomic E-state index is 0. The summed E-state index contributed by atoms with van der Waals surface area (Å²) < 4.78 is 6.91. The van der Waals surface area contributed by atoms with Crippen molar-refractivity contribution in [3.63, 3.8) is 0 Å². The average molecular weight is 214 g/mol. The monoisotopic (exact) mass is 213 g/mol. The van der Waals surface area contributed by atoms with Crippen molar-refractivity contribution >= 4 is 12.4 Å². The molecule has 0 aliphatic rings. The van der Waals surface area contributed by atoms with E-state index in [1.54, 1.807) is 6.20 Å². The molecule has 4 nitrogen and oxygen atoms in total. The summed E-state index contributed by atoms with van der Waals surface area (Å²) in [6.45, 7) is 4.59. The van der Waals surface area contributed by atoms with Crippen molar-refractivity contribution in [1.82, 2.24) is 14.9 Å². The zero-order chi connectivity index (χ0) is 9.26. The second kappa shape index (κ2) is 4.28. The van der Waals surface area contributed by atoms with E-state index in [9.17, 15) is 0 Å². The summed E-state index contributed by atoms with van der Waals surface area (Å²) in [6.07, 6.45) is 3.68. The quantitative estimate of drug-likeness (QED) is 0.766. The summed E-state index contributed by atoms with van der Waals surface area (Å²) in [5, 5.41) is 8.00. The largest absolute Gasteiger partial charge is 0.361 e. The number of aryl methyl sites for hydroxylation is 2. The molecule has 5 heteroatoms. The normalized spacial score (nSPS) is 9.86. The molecule has 0 atom stereocenters. The fraction of sp³-hybridized carbons (Fsp3) is 0.333. The fourth-order valence-electron chi connectivity index (χ4n) is 1.28. The van der Waals surface area contributed by atoms with Crippen LogP contribution >= 0.6 is 12.4 Å². The van der Waals surface area contributed by atoms with Crippen molar-refractivity contribution in [3.05, 3.63) is 35.5 Å². The van der Waals surface area contributed by atoms with Gasteiger partial charge in [0, 0.05) is 18.0 Å². The predicted molar refractivity (Wildman–Crippen MR) is 54.6 cm³/mol. The van der Waals surface area contributed by atoms with Crippen LogP contribution in [0.25, 0.3) is 0 Å². The lowest BCUT2D eigenvalue weighted by Gasteiger charge is -1.99. The maximum atomic E-state index is 5.05. The highest BCUT2D eigenvalue weighted by molar-refractivity contribution is 5.85. The van der Waals surface area contributed by atoms with Gasteiger partial charge in [-0.1, -0.05) is 5.16 Å². The number of rotatable bonds is 2. The van der Waals surface area contributed by atoms with Crippen LogP contribution in [0, 0.1) is 13.8 Å². The van der Waals surface area contributed by atoms with Gasteiger partial charge in [0.15, 0.2) is 0 Å². The van der Waals surface area contributed by atoms with Crippen LogP contribution in [0.3, 0.4) is 0 Å². The zero-order valence-corrected chi connectivity index (χ0v) is 8.91. The first-order valence-corrected chi connectivity index (χ1v) is 4.16. The van der Waals surface area contributed by atoms with Crippen molar-refractivity contribution < 1.29 is 4.52 Å². The molecule has 0 aliphatic carbocycles. The molecule has 0 amide bonds. The van der Waals surface area contributed by atoms with Gasteiger partial charge in [-0.15, -0.1) is 12.4 Å². The van der Waals surface area contributed by atoms with Crippen LogP contribution in [0.4, 0.5) is 0 Å². The molecule has 0 fully saturated rings. The summed E-state index contributed by atoms with van der Waals surface area (Å²) in [7, 11) is 0. The first-order chi connectivity index (χ1) is 6.27. The third kappa shape index (κ3) is 1.96. The van der Waals surface area contributed by atoms with Crippen LogP contribution in [0.1, 0.15) is 17.0 Å². The van der Waals surface area contributed by atoms with Gasteiger partial charge in [0.05, 0.1) is 12.2 Å². The smallest absolute Gasteiger partial charge is 0.138 e. The number of nitrogens with zero attached hydrogens (tertiary/aromatic N) is 3. The maximum absolute atomic E-state index is 5.05. The lowest BCUT2D eigenvalue weighted by molar-refractivity contribution is 0.391. The molecular weight excluding hydrogens is 202 g/mol. The van der Waals surface area contributed by atoms with E-state index in [4.69, 9.17) is 4.52 Å². The highest BCUT2D eigenvalue weighted by Gasteiger charge is 2.08. The highest BCUT2D eigenvalue weighted by Crippen LogP contribution is 2.12. The van der Waals surface area contributed by atoms with Gasteiger partial charge in [0.1, 0.15) is 5.76 Å². The first kappa shape index (κ1) is 10.8. The van der Waals surface area contributed by atoms with Gasteiger partial charge in [-0.05, 0) is 19.9 Å². The third-order valence-electron chi connectivity index (χ3n) is 2.06. The van der Waals surface area contributed by atoms with E-state index in [-0.39, 0.29) is 12.4 Å². The Bertz CT molecular complexity index is 375. The van der Waals surface area contributed by atoms with Crippen molar-refractivity contribution in [2.45, 2.75) is 20.4 Å². The molecule has 14 heavy (non-hydrogen) atoms. The Morgan fingerprint density at radius 2 is 2.21 bits per heavy atom. The number of hydrogen-bond acceptors (Lipinski definition) is 3. The summed E-state index contributed by atoms with van der Waals surface area (Å²) in [5.41, 5.74) is 2.05. The summed E-state index contributed by atoms with van der Waals surface area (Å²) in [5.74, 6) is 0.869. The van der Waals surface area contributed by atoms with E-state index in [2.05, 4.69) is 10.3 Å². The number of aromatic nitrogens is 3. The maximum Gasteiger partial charge on any atom is 0.138 e. The van der Waals surface area contributed by atoms with Crippen LogP contribution in [0.5, 0.6) is 0 Å². The molecular formula is C9H12ClN3O. The van der Waals surface area contributed by atoms with Crippen LogP contribution < -0.4 is 0 Å². The molecule has 0 spiro atoms. The van der Waals surface area contributed by atoms with Crippen molar-refractivity contribution in [3.8, 4) is 0 Å². The van der Waals surface area contributed by atoms with E-state index < -0.39 is 0 Å². The van der Waals surface area contributed by atoms with Gasteiger partial charge >= 0.3 is 0 Å². The average Bonchev–Trinajstić information content (AvgIpc) is 2.70. The number of hydrogen-bond donors (Lipinski definition) is 0. The molecule has 0 N–H and O–H groups in total. The summed E-state index contributed by atoms with van der Waals surface area (Å²) in [4.78, 5) is 0. The molecule has 2 heterocycles. The second-order valence-electron chi connectivity index (χ2n) is 3.01. The summed E-state index contributed by atoms with van der Waals surface area (Å²) in [6, 6.07) is 1.90. The number of halogens is 1. The fourth-order valence-corrected chi connectivity index (χ4v) is 1.28. The molecule has 0 unspecified atom stereocenters. The molecule has 0 aromatic carbocycles. The van der Waals surface area contributed by atoms with Crippen molar-refractivity contribution in [1.29, 1.82) is 0 Å². The standard InChI is InChI=1S/C9H11N3O.ClH/c1-7-9(8(2)13-11-7)6-12-5-3-4-10-12;/h3-5H,6H2,1-2H3;1H. The van der Waals surface area contributed by atoms with E-state index in [1.165, 1.54) is 0 Å².